The molecule has 0 aromatic rings. The van der Waals surface area contributed by atoms with Crippen molar-refractivity contribution in [1.29, 1.82) is 0 Å². The minimum atomic E-state index is -0.361. The molecule has 4 saturated carbocycles. The summed E-state index contributed by atoms with van der Waals surface area (Å²) in [5, 5.41) is 0. The first-order valence-corrected chi connectivity index (χ1v) is 14.1. The summed E-state index contributed by atoms with van der Waals surface area (Å²) in [5.41, 5.74) is 2.20. The lowest BCUT2D eigenvalue weighted by Crippen LogP contribution is -2.60. The van der Waals surface area contributed by atoms with Crippen LogP contribution in [-0.2, 0) is 13.2 Å². The van der Waals surface area contributed by atoms with Crippen LogP contribution in [0.1, 0.15) is 98.8 Å². The Bertz CT molecular complexity index is 839. The van der Waals surface area contributed by atoms with Gasteiger partial charge in [-0.05, 0) is 123 Å². The number of fused-ring (bicyclic) bond motifs is 7. The van der Waals surface area contributed by atoms with Crippen molar-refractivity contribution in [3.05, 3.63) is 11.6 Å². The first kappa shape index (κ1) is 24.6. The third kappa shape index (κ3) is 3.44. The van der Waals surface area contributed by atoms with Gasteiger partial charge < -0.3 is 8.37 Å². The molecule has 0 amide bonds. The number of rotatable bonds is 2. The van der Waals surface area contributed by atoms with Crippen LogP contribution in [0.25, 0.3) is 0 Å². The maximum absolute atomic E-state index is 13.2. The SMILES string of the molecule is C[C@H]1C(OS)CCC2(C)C1CCC1(C)C3CCC4(C(=O)OS)CCC(C)(C)CC4C3=CCC12. The molecule has 186 valence electrons. The smallest absolute Gasteiger partial charge is 0.324 e. The topological polar surface area (TPSA) is 35.5 Å². The molecule has 5 aliphatic carbocycles. The molecule has 0 heterocycles. The summed E-state index contributed by atoms with van der Waals surface area (Å²) in [6.45, 7) is 12.4. The van der Waals surface area contributed by atoms with Gasteiger partial charge in [-0.3, -0.25) is 4.79 Å². The highest BCUT2D eigenvalue weighted by Gasteiger charge is 2.64. The minimum Gasteiger partial charge on any atom is -0.394 e. The molecule has 33 heavy (non-hydrogen) atoms. The predicted octanol–water partition coefficient (Wildman–Crippen LogP) is 7.63. The van der Waals surface area contributed by atoms with Gasteiger partial charge in [0.25, 0.3) is 0 Å². The summed E-state index contributed by atoms with van der Waals surface area (Å²) in [6, 6.07) is 0. The molecule has 9 atom stereocenters. The number of allylic oxidation sites excluding steroid dienone is 2. The van der Waals surface area contributed by atoms with Gasteiger partial charge in [0.05, 0.1) is 11.5 Å². The monoisotopic (exact) mass is 492 g/mol. The van der Waals surface area contributed by atoms with Gasteiger partial charge in [0.1, 0.15) is 0 Å². The second-order valence-corrected chi connectivity index (χ2v) is 14.1. The van der Waals surface area contributed by atoms with E-state index in [1.54, 1.807) is 5.57 Å². The van der Waals surface area contributed by atoms with E-state index in [0.29, 0.717) is 40.4 Å². The molecule has 0 N–H and O–H groups in total. The fourth-order valence-electron chi connectivity index (χ4n) is 10.1. The van der Waals surface area contributed by atoms with Crippen LogP contribution >= 0.6 is 25.8 Å². The van der Waals surface area contributed by atoms with Gasteiger partial charge in [-0.15, -0.1) is 0 Å². The second-order valence-electron chi connectivity index (χ2n) is 13.7. The molecule has 0 aromatic heterocycles. The summed E-state index contributed by atoms with van der Waals surface area (Å²) >= 11 is 8.21. The van der Waals surface area contributed by atoms with E-state index >= 15 is 0 Å². The number of hydrogen-bond donors (Lipinski definition) is 2. The third-order valence-corrected chi connectivity index (χ3v) is 12.4. The van der Waals surface area contributed by atoms with Crippen molar-refractivity contribution in [2.24, 2.45) is 51.2 Å². The Balaban J connectivity index is 1.52. The molecule has 4 fully saturated rings. The van der Waals surface area contributed by atoms with Crippen LogP contribution in [0.5, 0.6) is 0 Å². The Morgan fingerprint density at radius 2 is 1.67 bits per heavy atom. The molecule has 0 aliphatic heterocycles. The number of hydrogen-bond acceptors (Lipinski definition) is 5. The Hall–Kier alpha value is -0.130. The van der Waals surface area contributed by atoms with Crippen molar-refractivity contribution in [3.8, 4) is 0 Å². The van der Waals surface area contributed by atoms with Crippen LogP contribution in [0, 0.1) is 51.2 Å². The summed E-state index contributed by atoms with van der Waals surface area (Å²) in [4.78, 5) is 13.2. The predicted molar refractivity (Wildman–Crippen MR) is 139 cm³/mol. The molecule has 0 saturated heterocycles. The van der Waals surface area contributed by atoms with E-state index in [0.717, 1.165) is 44.9 Å². The van der Waals surface area contributed by atoms with E-state index in [1.807, 2.05) is 0 Å². The lowest BCUT2D eigenvalue weighted by Gasteiger charge is -2.66. The van der Waals surface area contributed by atoms with Crippen molar-refractivity contribution in [2.75, 3.05) is 0 Å². The summed E-state index contributed by atoms with van der Waals surface area (Å²) < 4.78 is 10.8. The molecule has 5 rings (SSSR count). The van der Waals surface area contributed by atoms with E-state index in [1.165, 1.54) is 19.3 Å². The van der Waals surface area contributed by atoms with Gasteiger partial charge in [0.2, 0.25) is 0 Å². The van der Waals surface area contributed by atoms with Gasteiger partial charge >= 0.3 is 5.97 Å². The highest BCUT2D eigenvalue weighted by Crippen LogP contribution is 2.71. The number of thiol groups is 2. The molecule has 0 bridgehead atoms. The summed E-state index contributed by atoms with van der Waals surface area (Å²) in [5.74, 6) is 2.83. The third-order valence-electron chi connectivity index (χ3n) is 12.0. The normalized spacial score (nSPS) is 50.7. The molecule has 5 aliphatic rings. The van der Waals surface area contributed by atoms with Crippen molar-refractivity contribution in [3.63, 3.8) is 0 Å². The molecular formula is C28H44O3S2. The average Bonchev–Trinajstić information content (AvgIpc) is 2.78. The van der Waals surface area contributed by atoms with E-state index in [4.69, 9.17) is 8.37 Å². The van der Waals surface area contributed by atoms with Crippen LogP contribution in [0.4, 0.5) is 0 Å². The maximum atomic E-state index is 13.2. The van der Waals surface area contributed by atoms with Gasteiger partial charge in [0, 0.05) is 12.9 Å². The molecule has 8 unspecified atom stereocenters. The first-order valence-electron chi connectivity index (χ1n) is 13.4. The van der Waals surface area contributed by atoms with Crippen molar-refractivity contribution in [2.45, 2.75) is 105 Å². The lowest BCUT2D eigenvalue weighted by molar-refractivity contribution is -0.165. The number of carbonyl (C=O) groups is 1. The van der Waals surface area contributed by atoms with E-state index < -0.39 is 0 Å². The molecule has 5 heteroatoms. The number of carbonyl (C=O) groups excluding carboxylic acids is 1. The van der Waals surface area contributed by atoms with E-state index in [-0.39, 0.29) is 22.9 Å². The zero-order valence-electron chi connectivity index (χ0n) is 21.2. The highest BCUT2D eigenvalue weighted by molar-refractivity contribution is 7.75. The molecular weight excluding hydrogens is 448 g/mol. The standard InChI is InChI=1S/C28H44O3S2/c1-17-19-8-11-27(5)20-9-13-28(24(29)31-33)15-14-25(2,3)16-21(28)18(20)6-7-23(27)26(19,4)12-10-22(17)30-32/h6,17,19-23,32-33H,7-16H2,1-5H3/t17-,19?,20?,21?,22?,23?,26?,27?,28?/m1/s1. The van der Waals surface area contributed by atoms with Gasteiger partial charge in [-0.1, -0.05) is 46.3 Å². The first-order chi connectivity index (χ1) is 15.5. The van der Waals surface area contributed by atoms with E-state index in [2.05, 4.69) is 66.5 Å². The molecule has 3 nitrogen and oxygen atoms in total. The molecule has 0 radical (unpaired) electrons. The van der Waals surface area contributed by atoms with Crippen molar-refractivity contribution >= 4 is 31.8 Å². The van der Waals surface area contributed by atoms with E-state index in [9.17, 15) is 4.79 Å². The fourth-order valence-corrected chi connectivity index (χ4v) is 10.6. The van der Waals surface area contributed by atoms with Crippen molar-refractivity contribution in [1.82, 2.24) is 0 Å². The maximum Gasteiger partial charge on any atom is 0.324 e. The highest BCUT2D eigenvalue weighted by atomic mass is 32.1. The van der Waals surface area contributed by atoms with Gasteiger partial charge in [0.15, 0.2) is 0 Å². The van der Waals surface area contributed by atoms with Crippen LogP contribution in [0.2, 0.25) is 0 Å². The lowest BCUT2D eigenvalue weighted by atomic mass is 9.38. The zero-order valence-corrected chi connectivity index (χ0v) is 23.0. The van der Waals surface area contributed by atoms with Crippen LogP contribution in [0.3, 0.4) is 0 Å². The largest absolute Gasteiger partial charge is 0.394 e. The van der Waals surface area contributed by atoms with Crippen LogP contribution in [-0.4, -0.2) is 12.1 Å². The Morgan fingerprint density at radius 1 is 0.939 bits per heavy atom. The summed E-state index contributed by atoms with van der Waals surface area (Å²) in [7, 11) is 0. The Morgan fingerprint density at radius 3 is 2.36 bits per heavy atom. The zero-order chi connectivity index (χ0) is 23.8. The van der Waals surface area contributed by atoms with Crippen LogP contribution in [0.15, 0.2) is 11.6 Å². The summed E-state index contributed by atoms with van der Waals surface area (Å²) in [6.07, 6.45) is 14.2. The fraction of sp³-hybridized carbons (Fsp3) is 0.893. The second kappa shape index (κ2) is 8.20. The quantitative estimate of drug-likeness (QED) is 0.236. The van der Waals surface area contributed by atoms with Crippen molar-refractivity contribution < 1.29 is 13.2 Å². The Kier molecular flexibility index (Phi) is 6.10. The Labute approximate surface area is 212 Å². The van der Waals surface area contributed by atoms with Gasteiger partial charge in [-0.25, -0.2) is 0 Å². The van der Waals surface area contributed by atoms with Gasteiger partial charge in [-0.2, -0.15) is 0 Å². The minimum absolute atomic E-state index is 0.0764. The molecule has 0 aromatic carbocycles. The molecule has 0 spiro atoms. The van der Waals surface area contributed by atoms with Crippen LogP contribution < -0.4 is 0 Å². The average molecular weight is 493 g/mol.